The van der Waals surface area contributed by atoms with Crippen molar-refractivity contribution in [2.45, 2.75) is 32.4 Å². The Labute approximate surface area is 151 Å². The van der Waals surface area contributed by atoms with Gasteiger partial charge in [-0.25, -0.2) is 4.79 Å². The van der Waals surface area contributed by atoms with E-state index < -0.39 is 24.0 Å². The number of carbonyl (C=O) groups excluding carboxylic acids is 2. The van der Waals surface area contributed by atoms with E-state index in [-0.39, 0.29) is 35.6 Å². The number of benzene rings is 1. The summed E-state index contributed by atoms with van der Waals surface area (Å²) in [5.41, 5.74) is -1.89. The third-order valence-electron chi connectivity index (χ3n) is 3.29. The molecule has 26 heavy (non-hydrogen) atoms. The Morgan fingerprint density at radius 3 is 2.42 bits per heavy atom. The number of nitrogens with one attached hydrogen (secondary N) is 2. The Morgan fingerprint density at radius 1 is 1.23 bits per heavy atom. The number of amides is 2. The van der Waals surface area contributed by atoms with Gasteiger partial charge in [-0.15, -0.1) is 0 Å². The lowest BCUT2D eigenvalue weighted by Crippen LogP contribution is -2.46. The van der Waals surface area contributed by atoms with Gasteiger partial charge >= 0.3 is 5.97 Å². The minimum absolute atomic E-state index is 0.0120. The van der Waals surface area contributed by atoms with Gasteiger partial charge in [-0.2, -0.15) is 0 Å². The number of aliphatic hydroxyl groups is 1. The smallest absolute Gasteiger partial charge is 0.337 e. The molecule has 0 aromatic heterocycles. The molecule has 0 spiro atoms. The summed E-state index contributed by atoms with van der Waals surface area (Å²) in [6.45, 7) is 4.06. The highest BCUT2D eigenvalue weighted by atomic mass is 16.5. The first-order valence-corrected chi connectivity index (χ1v) is 7.91. The highest BCUT2D eigenvalue weighted by Gasteiger charge is 2.30. The van der Waals surface area contributed by atoms with E-state index in [0.29, 0.717) is 0 Å². The zero-order valence-electron chi connectivity index (χ0n) is 15.2. The number of carboxylic acids is 1. The summed E-state index contributed by atoms with van der Waals surface area (Å²) in [5, 5.41) is 23.5. The summed E-state index contributed by atoms with van der Waals surface area (Å²) in [7, 11) is 1.38. The molecule has 0 saturated carbocycles. The van der Waals surface area contributed by atoms with Crippen LogP contribution in [0, 0.1) is 0 Å². The zero-order valence-corrected chi connectivity index (χ0v) is 15.2. The molecule has 0 aliphatic rings. The summed E-state index contributed by atoms with van der Waals surface area (Å²) in [6.07, 6.45) is 0. The zero-order chi connectivity index (χ0) is 19.9. The van der Waals surface area contributed by atoms with Crippen LogP contribution in [0.25, 0.3) is 0 Å². The maximum atomic E-state index is 12.1. The molecule has 0 radical (unpaired) electrons. The van der Waals surface area contributed by atoms with Crippen LogP contribution < -0.4 is 20.1 Å². The van der Waals surface area contributed by atoms with Gasteiger partial charge in [-0.1, -0.05) is 0 Å². The first kappa shape index (κ1) is 21.2. The molecular formula is C17H24N2O7. The molecule has 1 unspecified atom stereocenters. The molecule has 2 amide bonds. The standard InChI is InChI=1S/C17H24N2O7/c1-10(2)19-14(20)8-26-12-6-5-11(7-13(12)25-4)15(21)18-9-17(3,24)16(22)23/h5-7,10,24H,8-9H2,1-4H3,(H,18,21)(H,19,20)(H,22,23). The lowest BCUT2D eigenvalue weighted by molar-refractivity contribution is -0.155. The molecule has 0 aliphatic heterocycles. The lowest BCUT2D eigenvalue weighted by atomic mass is 10.1. The third kappa shape index (κ3) is 6.25. The Hall–Kier alpha value is -2.81. The fourth-order valence-electron chi connectivity index (χ4n) is 1.87. The SMILES string of the molecule is COc1cc(C(=O)NCC(C)(O)C(=O)O)ccc1OCC(=O)NC(C)C. The quantitative estimate of drug-likeness (QED) is 0.488. The van der Waals surface area contributed by atoms with Crippen LogP contribution in [0.2, 0.25) is 0 Å². The summed E-state index contributed by atoms with van der Waals surface area (Å²) >= 11 is 0. The summed E-state index contributed by atoms with van der Waals surface area (Å²) in [4.78, 5) is 34.6. The molecule has 0 aliphatic carbocycles. The molecule has 0 saturated heterocycles. The number of carboxylic acid groups (broad SMARTS) is 1. The fourth-order valence-corrected chi connectivity index (χ4v) is 1.87. The Kier molecular flexibility index (Phi) is 7.39. The van der Waals surface area contributed by atoms with Crippen LogP contribution in [0.1, 0.15) is 31.1 Å². The molecule has 1 aromatic carbocycles. The van der Waals surface area contributed by atoms with Crippen molar-refractivity contribution >= 4 is 17.8 Å². The van der Waals surface area contributed by atoms with Crippen LogP contribution in [0.15, 0.2) is 18.2 Å². The van der Waals surface area contributed by atoms with E-state index in [1.807, 2.05) is 13.8 Å². The van der Waals surface area contributed by atoms with Crippen LogP contribution in [0.4, 0.5) is 0 Å². The van der Waals surface area contributed by atoms with Crippen molar-refractivity contribution in [1.29, 1.82) is 0 Å². The van der Waals surface area contributed by atoms with Gasteiger partial charge in [0.15, 0.2) is 23.7 Å². The molecule has 1 atom stereocenters. The average molecular weight is 368 g/mol. The van der Waals surface area contributed by atoms with Gasteiger partial charge in [0.25, 0.3) is 11.8 Å². The minimum atomic E-state index is -2.08. The second-order valence-electron chi connectivity index (χ2n) is 6.14. The Balaban J connectivity index is 2.77. The first-order chi connectivity index (χ1) is 12.1. The molecule has 9 nitrogen and oxygen atoms in total. The van der Waals surface area contributed by atoms with E-state index in [1.165, 1.54) is 25.3 Å². The van der Waals surface area contributed by atoms with Crippen molar-refractivity contribution in [2.75, 3.05) is 20.3 Å². The van der Waals surface area contributed by atoms with Gasteiger partial charge in [0.05, 0.1) is 13.7 Å². The number of methoxy groups -OCH3 is 1. The van der Waals surface area contributed by atoms with Crippen LogP contribution in [0.5, 0.6) is 11.5 Å². The van der Waals surface area contributed by atoms with Crippen molar-refractivity contribution in [2.24, 2.45) is 0 Å². The van der Waals surface area contributed by atoms with Gasteiger partial charge in [0.1, 0.15) is 0 Å². The number of aliphatic carboxylic acids is 1. The van der Waals surface area contributed by atoms with E-state index >= 15 is 0 Å². The third-order valence-corrected chi connectivity index (χ3v) is 3.29. The number of ether oxygens (including phenoxy) is 2. The molecular weight excluding hydrogens is 344 g/mol. The number of hydrogen-bond acceptors (Lipinski definition) is 6. The van der Waals surface area contributed by atoms with Crippen molar-refractivity contribution in [3.05, 3.63) is 23.8 Å². The topological polar surface area (TPSA) is 134 Å². The average Bonchev–Trinajstić information content (AvgIpc) is 2.57. The van der Waals surface area contributed by atoms with Crippen LogP contribution in [-0.4, -0.2) is 59.9 Å². The Morgan fingerprint density at radius 2 is 1.88 bits per heavy atom. The van der Waals surface area contributed by atoms with Crippen LogP contribution in [0.3, 0.4) is 0 Å². The van der Waals surface area contributed by atoms with Crippen molar-refractivity contribution in [1.82, 2.24) is 10.6 Å². The summed E-state index contributed by atoms with van der Waals surface area (Å²) in [5.74, 6) is -1.81. The normalized spacial score (nSPS) is 12.8. The second kappa shape index (κ2) is 9.04. The largest absolute Gasteiger partial charge is 0.493 e. The van der Waals surface area contributed by atoms with E-state index in [4.69, 9.17) is 14.6 Å². The van der Waals surface area contributed by atoms with Crippen molar-refractivity contribution < 1.29 is 34.1 Å². The highest BCUT2D eigenvalue weighted by molar-refractivity contribution is 5.95. The summed E-state index contributed by atoms with van der Waals surface area (Å²) < 4.78 is 10.5. The van der Waals surface area contributed by atoms with E-state index in [1.54, 1.807) is 0 Å². The van der Waals surface area contributed by atoms with Crippen LogP contribution in [-0.2, 0) is 9.59 Å². The lowest BCUT2D eigenvalue weighted by Gasteiger charge is -2.18. The molecule has 9 heteroatoms. The number of hydrogen-bond donors (Lipinski definition) is 4. The van der Waals surface area contributed by atoms with Crippen LogP contribution >= 0.6 is 0 Å². The highest BCUT2D eigenvalue weighted by Crippen LogP contribution is 2.28. The van der Waals surface area contributed by atoms with Gasteiger partial charge in [0, 0.05) is 11.6 Å². The monoisotopic (exact) mass is 368 g/mol. The number of rotatable bonds is 9. The van der Waals surface area contributed by atoms with Gasteiger partial charge in [0.2, 0.25) is 0 Å². The maximum absolute atomic E-state index is 12.1. The minimum Gasteiger partial charge on any atom is -0.493 e. The predicted molar refractivity (Wildman–Crippen MR) is 92.4 cm³/mol. The summed E-state index contributed by atoms with van der Waals surface area (Å²) in [6, 6.07) is 4.27. The van der Waals surface area contributed by atoms with Crippen molar-refractivity contribution in [3.63, 3.8) is 0 Å². The van der Waals surface area contributed by atoms with E-state index in [0.717, 1.165) is 6.92 Å². The van der Waals surface area contributed by atoms with E-state index in [9.17, 15) is 19.5 Å². The van der Waals surface area contributed by atoms with E-state index in [2.05, 4.69) is 10.6 Å². The van der Waals surface area contributed by atoms with Gasteiger partial charge in [-0.05, 0) is 39.0 Å². The Bertz CT molecular complexity index is 671. The first-order valence-electron chi connectivity index (χ1n) is 7.91. The molecule has 1 rings (SSSR count). The van der Waals surface area contributed by atoms with Gasteiger partial charge in [-0.3, -0.25) is 9.59 Å². The molecule has 0 fully saturated rings. The molecule has 1 aromatic rings. The predicted octanol–water partition coefficient (Wildman–Crippen LogP) is 0.164. The molecule has 4 N–H and O–H groups in total. The van der Waals surface area contributed by atoms with Crippen molar-refractivity contribution in [3.8, 4) is 11.5 Å². The molecule has 0 heterocycles. The number of carbonyl (C=O) groups is 3. The maximum Gasteiger partial charge on any atom is 0.337 e. The van der Waals surface area contributed by atoms with Gasteiger partial charge < -0.3 is 30.3 Å². The fraction of sp³-hybridized carbons (Fsp3) is 0.471. The second-order valence-corrected chi connectivity index (χ2v) is 6.14. The molecule has 144 valence electrons. The molecule has 0 bridgehead atoms.